The highest BCUT2D eigenvalue weighted by atomic mass is 35.5. The van der Waals surface area contributed by atoms with Crippen molar-refractivity contribution in [3.63, 3.8) is 0 Å². The van der Waals surface area contributed by atoms with E-state index in [0.29, 0.717) is 28.0 Å². The van der Waals surface area contributed by atoms with E-state index in [9.17, 15) is 4.79 Å². The van der Waals surface area contributed by atoms with Gasteiger partial charge >= 0.3 is 0 Å². The number of Topliss-reactive ketones (excluding diaryl/α,β-unsaturated/α-hetero) is 1. The van der Waals surface area contributed by atoms with Crippen LogP contribution in [0.1, 0.15) is 17.0 Å². The Morgan fingerprint density at radius 3 is 2.50 bits per heavy atom. The van der Waals surface area contributed by atoms with Crippen molar-refractivity contribution < 1.29 is 9.21 Å². The lowest BCUT2D eigenvalue weighted by atomic mass is 10.2. The first-order chi connectivity index (χ1) is 8.68. The minimum Gasteiger partial charge on any atom is -0.461 e. The molecule has 0 fully saturated rings. The normalized spacial score (nSPS) is 10.6. The third-order valence-corrected chi connectivity index (χ3v) is 4.28. The van der Waals surface area contributed by atoms with Gasteiger partial charge in [0.1, 0.15) is 0 Å². The van der Waals surface area contributed by atoms with Crippen LogP contribution in [-0.4, -0.2) is 11.5 Å². The zero-order valence-electron chi connectivity index (χ0n) is 9.36. The third-order valence-electron chi connectivity index (χ3n) is 2.29. The summed E-state index contributed by atoms with van der Waals surface area (Å²) in [5.74, 6) is 0.986. The molecule has 0 atom stereocenters. The van der Waals surface area contributed by atoms with Gasteiger partial charge in [-0.2, -0.15) is 0 Å². The van der Waals surface area contributed by atoms with Crippen LogP contribution in [0.2, 0.25) is 10.0 Å². The maximum absolute atomic E-state index is 11.7. The predicted octanol–water partition coefficient (Wildman–Crippen LogP) is 4.95. The standard InChI is InChI=1S/C13H10Cl2O2S/c14-9-3-1-4-10(15)13(9)18-8-6-11(16)12-5-2-7-17-12/h1-5,7H,6,8H2. The maximum Gasteiger partial charge on any atom is 0.198 e. The van der Waals surface area contributed by atoms with Gasteiger partial charge in [-0.3, -0.25) is 4.79 Å². The Morgan fingerprint density at radius 2 is 1.89 bits per heavy atom. The molecule has 5 heteroatoms. The number of halogens is 2. The SMILES string of the molecule is O=C(CCSc1c(Cl)cccc1Cl)c1ccco1. The Labute approximate surface area is 119 Å². The first-order valence-corrected chi connectivity index (χ1v) is 7.06. The number of carbonyl (C=O) groups is 1. The van der Waals surface area contributed by atoms with Crippen molar-refractivity contribution in [2.45, 2.75) is 11.3 Å². The third kappa shape index (κ3) is 3.31. The monoisotopic (exact) mass is 300 g/mol. The first kappa shape index (κ1) is 13.5. The molecule has 18 heavy (non-hydrogen) atoms. The van der Waals surface area contributed by atoms with Crippen LogP contribution in [0.15, 0.2) is 45.9 Å². The molecule has 0 aliphatic rings. The minimum atomic E-state index is -0.0179. The van der Waals surface area contributed by atoms with E-state index < -0.39 is 0 Å². The molecular weight excluding hydrogens is 291 g/mol. The lowest BCUT2D eigenvalue weighted by molar-refractivity contribution is 0.0963. The molecular formula is C13H10Cl2O2S. The van der Waals surface area contributed by atoms with Crippen molar-refractivity contribution in [3.05, 3.63) is 52.4 Å². The summed E-state index contributed by atoms with van der Waals surface area (Å²) in [4.78, 5) is 12.5. The van der Waals surface area contributed by atoms with Gasteiger partial charge < -0.3 is 4.42 Å². The van der Waals surface area contributed by atoms with Gasteiger partial charge in [-0.1, -0.05) is 29.3 Å². The summed E-state index contributed by atoms with van der Waals surface area (Å²) in [6.07, 6.45) is 1.88. The Kier molecular flexibility index (Phi) is 4.75. The molecule has 0 saturated carbocycles. The number of benzene rings is 1. The number of rotatable bonds is 5. The first-order valence-electron chi connectivity index (χ1n) is 5.32. The van der Waals surface area contributed by atoms with Gasteiger partial charge in [0, 0.05) is 17.1 Å². The predicted molar refractivity (Wildman–Crippen MR) is 74.8 cm³/mol. The molecule has 0 aliphatic carbocycles. The number of hydrogen-bond donors (Lipinski definition) is 0. The van der Waals surface area contributed by atoms with Crippen LogP contribution < -0.4 is 0 Å². The second-order valence-electron chi connectivity index (χ2n) is 3.55. The highest BCUT2D eigenvalue weighted by Gasteiger charge is 2.10. The molecule has 2 aromatic rings. The number of ketones is 1. The van der Waals surface area contributed by atoms with Crippen molar-refractivity contribution in [2.24, 2.45) is 0 Å². The van der Waals surface area contributed by atoms with Gasteiger partial charge in [-0.05, 0) is 24.3 Å². The lowest BCUT2D eigenvalue weighted by Gasteiger charge is -2.05. The molecule has 0 saturated heterocycles. The van der Waals surface area contributed by atoms with Gasteiger partial charge in [0.05, 0.1) is 16.3 Å². The zero-order valence-corrected chi connectivity index (χ0v) is 11.7. The highest BCUT2D eigenvalue weighted by Crippen LogP contribution is 2.34. The van der Waals surface area contributed by atoms with Crippen molar-refractivity contribution in [2.75, 3.05) is 5.75 Å². The molecule has 0 radical (unpaired) electrons. The minimum absolute atomic E-state index is 0.0179. The van der Waals surface area contributed by atoms with Crippen LogP contribution in [0, 0.1) is 0 Å². The fraction of sp³-hybridized carbons (Fsp3) is 0.154. The van der Waals surface area contributed by atoms with E-state index in [1.807, 2.05) is 0 Å². The Balaban J connectivity index is 1.91. The van der Waals surface area contributed by atoms with Crippen molar-refractivity contribution in [1.82, 2.24) is 0 Å². The smallest absolute Gasteiger partial charge is 0.198 e. The summed E-state index contributed by atoms with van der Waals surface area (Å²) in [6, 6.07) is 8.72. The summed E-state index contributed by atoms with van der Waals surface area (Å²) < 4.78 is 5.03. The van der Waals surface area contributed by atoms with E-state index in [1.54, 1.807) is 30.3 Å². The van der Waals surface area contributed by atoms with Gasteiger partial charge in [-0.15, -0.1) is 11.8 Å². The summed E-state index contributed by atoms with van der Waals surface area (Å²) in [6.45, 7) is 0. The van der Waals surface area contributed by atoms with E-state index in [4.69, 9.17) is 27.6 Å². The van der Waals surface area contributed by atoms with Gasteiger partial charge in [0.15, 0.2) is 11.5 Å². The van der Waals surface area contributed by atoms with Gasteiger partial charge in [0.2, 0.25) is 0 Å². The van der Waals surface area contributed by atoms with Crippen molar-refractivity contribution in [1.29, 1.82) is 0 Å². The zero-order chi connectivity index (χ0) is 13.0. The van der Waals surface area contributed by atoms with Gasteiger partial charge in [-0.25, -0.2) is 0 Å². The van der Waals surface area contributed by atoms with Crippen LogP contribution in [0.5, 0.6) is 0 Å². The Morgan fingerprint density at radius 1 is 1.17 bits per heavy atom. The van der Waals surface area contributed by atoms with E-state index in [2.05, 4.69) is 0 Å². The molecule has 0 unspecified atom stereocenters. The Bertz CT molecular complexity index is 518. The fourth-order valence-electron chi connectivity index (χ4n) is 1.43. The molecule has 1 aromatic carbocycles. The summed E-state index contributed by atoms with van der Waals surface area (Å²) in [5.41, 5.74) is 0. The van der Waals surface area contributed by atoms with Crippen molar-refractivity contribution in [3.8, 4) is 0 Å². The van der Waals surface area contributed by atoms with E-state index in [0.717, 1.165) is 4.90 Å². The second-order valence-corrected chi connectivity index (χ2v) is 5.47. The van der Waals surface area contributed by atoms with E-state index in [1.165, 1.54) is 18.0 Å². The second kappa shape index (κ2) is 6.32. The molecule has 94 valence electrons. The molecule has 1 aromatic heterocycles. The van der Waals surface area contributed by atoms with Crippen LogP contribution in [0.4, 0.5) is 0 Å². The molecule has 0 spiro atoms. The lowest BCUT2D eigenvalue weighted by Crippen LogP contribution is -1.98. The topological polar surface area (TPSA) is 30.2 Å². The number of carbonyl (C=O) groups excluding carboxylic acids is 1. The number of hydrogen-bond acceptors (Lipinski definition) is 3. The quantitative estimate of drug-likeness (QED) is 0.578. The van der Waals surface area contributed by atoms with E-state index in [-0.39, 0.29) is 5.78 Å². The summed E-state index contributed by atoms with van der Waals surface area (Å²) in [7, 11) is 0. The average molecular weight is 301 g/mol. The number of furan rings is 1. The average Bonchev–Trinajstić information content (AvgIpc) is 2.86. The van der Waals surface area contributed by atoms with E-state index >= 15 is 0 Å². The van der Waals surface area contributed by atoms with Crippen molar-refractivity contribution >= 4 is 40.7 Å². The molecule has 0 aliphatic heterocycles. The Hall–Kier alpha value is -0.900. The number of thioether (sulfide) groups is 1. The van der Waals surface area contributed by atoms with Gasteiger partial charge in [0.25, 0.3) is 0 Å². The van der Waals surface area contributed by atoms with Crippen LogP contribution >= 0.6 is 35.0 Å². The fourth-order valence-corrected chi connectivity index (χ4v) is 3.05. The highest BCUT2D eigenvalue weighted by molar-refractivity contribution is 7.99. The molecule has 0 N–H and O–H groups in total. The molecule has 0 amide bonds. The largest absolute Gasteiger partial charge is 0.461 e. The maximum atomic E-state index is 11.7. The van der Waals surface area contributed by atoms with Crippen LogP contribution in [0.25, 0.3) is 0 Å². The van der Waals surface area contributed by atoms with Crippen LogP contribution in [-0.2, 0) is 0 Å². The molecule has 1 heterocycles. The summed E-state index contributed by atoms with van der Waals surface area (Å²) >= 11 is 13.5. The van der Waals surface area contributed by atoms with Crippen LogP contribution in [0.3, 0.4) is 0 Å². The summed E-state index contributed by atoms with van der Waals surface area (Å²) in [5, 5.41) is 1.22. The molecule has 2 rings (SSSR count). The molecule has 0 bridgehead atoms. The molecule has 2 nitrogen and oxygen atoms in total.